The molecule has 3 atom stereocenters. The summed E-state index contributed by atoms with van der Waals surface area (Å²) in [5, 5.41) is 0. The Balaban J connectivity index is 2.58. The molecule has 0 saturated heterocycles. The molecule has 1 nitrogen and oxygen atoms in total. The van der Waals surface area contributed by atoms with E-state index < -0.39 is 0 Å². The van der Waals surface area contributed by atoms with Crippen LogP contribution in [0, 0.1) is 23.7 Å². The monoisotopic (exact) mass is 224 g/mol. The molecular formula is C15H28O. The summed E-state index contributed by atoms with van der Waals surface area (Å²) in [7, 11) is 0. The molecule has 0 aliphatic heterocycles. The normalized spacial score (nSPS) is 34.1. The molecule has 1 rings (SSSR count). The van der Waals surface area contributed by atoms with Gasteiger partial charge in [-0.2, -0.15) is 0 Å². The summed E-state index contributed by atoms with van der Waals surface area (Å²) in [6.45, 7) is 9.07. The average molecular weight is 224 g/mol. The standard InChI is InChI=1S/C15H28O/c1-11(2)14-8-5-12(3)6-10-15(16)13(4)7-9-14/h11-14H,5-10H2,1-4H3/t12?,13?,14-/m1/s1. The van der Waals surface area contributed by atoms with Crippen molar-refractivity contribution in [3.63, 3.8) is 0 Å². The maximum atomic E-state index is 11.9. The zero-order valence-corrected chi connectivity index (χ0v) is 11.5. The molecule has 1 aliphatic carbocycles. The van der Waals surface area contributed by atoms with Gasteiger partial charge in [0.25, 0.3) is 0 Å². The van der Waals surface area contributed by atoms with Crippen molar-refractivity contribution in [1.82, 2.24) is 0 Å². The van der Waals surface area contributed by atoms with Gasteiger partial charge in [0, 0.05) is 12.3 Å². The van der Waals surface area contributed by atoms with Crippen LogP contribution in [-0.2, 0) is 4.79 Å². The van der Waals surface area contributed by atoms with Gasteiger partial charge in [0.2, 0.25) is 0 Å². The first-order valence-corrected chi connectivity index (χ1v) is 7.03. The topological polar surface area (TPSA) is 17.1 Å². The van der Waals surface area contributed by atoms with E-state index in [0.717, 1.165) is 37.0 Å². The lowest BCUT2D eigenvalue weighted by Gasteiger charge is -2.25. The van der Waals surface area contributed by atoms with Crippen LogP contribution in [0.25, 0.3) is 0 Å². The number of rotatable bonds is 1. The summed E-state index contributed by atoms with van der Waals surface area (Å²) in [6.07, 6.45) is 6.94. The first-order valence-electron chi connectivity index (χ1n) is 7.03. The molecule has 1 aliphatic rings. The van der Waals surface area contributed by atoms with E-state index in [9.17, 15) is 4.79 Å². The molecule has 0 N–H and O–H groups in total. The highest BCUT2D eigenvalue weighted by molar-refractivity contribution is 5.80. The molecule has 0 radical (unpaired) electrons. The summed E-state index contributed by atoms with van der Waals surface area (Å²) in [5.41, 5.74) is 0. The van der Waals surface area contributed by atoms with Gasteiger partial charge in [-0.15, -0.1) is 0 Å². The molecule has 0 aromatic heterocycles. The summed E-state index contributed by atoms with van der Waals surface area (Å²) in [4.78, 5) is 11.9. The predicted octanol–water partition coefficient (Wildman–Crippen LogP) is 4.45. The Kier molecular flexibility index (Phi) is 5.51. The van der Waals surface area contributed by atoms with E-state index in [1.165, 1.54) is 19.3 Å². The minimum atomic E-state index is 0.298. The van der Waals surface area contributed by atoms with Crippen LogP contribution in [0.1, 0.15) is 66.2 Å². The third-order valence-electron chi connectivity index (χ3n) is 4.38. The van der Waals surface area contributed by atoms with E-state index in [-0.39, 0.29) is 0 Å². The number of carbonyl (C=O) groups excluding carboxylic acids is 1. The van der Waals surface area contributed by atoms with Crippen LogP contribution in [0.4, 0.5) is 0 Å². The van der Waals surface area contributed by atoms with Crippen molar-refractivity contribution < 1.29 is 4.79 Å². The first kappa shape index (κ1) is 13.7. The fraction of sp³-hybridized carbons (Fsp3) is 0.933. The summed E-state index contributed by atoms with van der Waals surface area (Å²) in [6, 6.07) is 0. The third-order valence-corrected chi connectivity index (χ3v) is 4.38. The Morgan fingerprint density at radius 2 is 1.62 bits per heavy atom. The van der Waals surface area contributed by atoms with Gasteiger partial charge in [-0.3, -0.25) is 4.79 Å². The Labute approximate surface area is 101 Å². The van der Waals surface area contributed by atoms with Gasteiger partial charge in [0.15, 0.2) is 0 Å². The maximum Gasteiger partial charge on any atom is 0.135 e. The van der Waals surface area contributed by atoms with Crippen molar-refractivity contribution in [2.75, 3.05) is 0 Å². The Morgan fingerprint density at radius 1 is 1.00 bits per heavy atom. The van der Waals surface area contributed by atoms with Gasteiger partial charge in [0.1, 0.15) is 5.78 Å². The number of hydrogen-bond donors (Lipinski definition) is 0. The maximum absolute atomic E-state index is 11.9. The van der Waals surface area contributed by atoms with Crippen LogP contribution in [0.2, 0.25) is 0 Å². The number of Topliss-reactive ketones (excluding diaryl/α,β-unsaturated/α-hetero) is 1. The van der Waals surface area contributed by atoms with Gasteiger partial charge in [-0.05, 0) is 43.4 Å². The van der Waals surface area contributed by atoms with Crippen molar-refractivity contribution in [3.8, 4) is 0 Å². The average Bonchev–Trinajstić information content (AvgIpc) is 2.23. The summed E-state index contributed by atoms with van der Waals surface area (Å²) < 4.78 is 0. The third kappa shape index (κ3) is 4.27. The van der Waals surface area contributed by atoms with Crippen molar-refractivity contribution in [3.05, 3.63) is 0 Å². The predicted molar refractivity (Wildman–Crippen MR) is 69.4 cm³/mol. The van der Waals surface area contributed by atoms with Crippen molar-refractivity contribution >= 4 is 5.78 Å². The molecule has 0 aromatic carbocycles. The lowest BCUT2D eigenvalue weighted by Crippen LogP contribution is -2.18. The molecule has 2 unspecified atom stereocenters. The SMILES string of the molecule is CC1CCC(=O)C(C)CC[C@H](C(C)C)CC1. The second-order valence-corrected chi connectivity index (χ2v) is 6.17. The Morgan fingerprint density at radius 3 is 2.25 bits per heavy atom. The minimum absolute atomic E-state index is 0.298. The molecule has 0 heterocycles. The van der Waals surface area contributed by atoms with Crippen LogP contribution in [0.5, 0.6) is 0 Å². The second kappa shape index (κ2) is 6.42. The van der Waals surface area contributed by atoms with Crippen LogP contribution in [0.15, 0.2) is 0 Å². The minimum Gasteiger partial charge on any atom is -0.299 e. The zero-order chi connectivity index (χ0) is 12.1. The number of ketones is 1. The molecule has 0 amide bonds. The molecule has 0 spiro atoms. The van der Waals surface area contributed by atoms with E-state index >= 15 is 0 Å². The van der Waals surface area contributed by atoms with Gasteiger partial charge in [-0.25, -0.2) is 0 Å². The van der Waals surface area contributed by atoms with Gasteiger partial charge in [-0.1, -0.05) is 34.1 Å². The van der Waals surface area contributed by atoms with Crippen molar-refractivity contribution in [1.29, 1.82) is 0 Å². The molecular weight excluding hydrogens is 196 g/mol. The molecule has 1 saturated carbocycles. The van der Waals surface area contributed by atoms with Crippen LogP contribution in [-0.4, -0.2) is 5.78 Å². The molecule has 1 heteroatoms. The highest BCUT2D eigenvalue weighted by atomic mass is 16.1. The van der Waals surface area contributed by atoms with Gasteiger partial charge < -0.3 is 0 Å². The van der Waals surface area contributed by atoms with Gasteiger partial charge in [0.05, 0.1) is 0 Å². The molecule has 16 heavy (non-hydrogen) atoms. The van der Waals surface area contributed by atoms with Crippen LogP contribution >= 0.6 is 0 Å². The summed E-state index contributed by atoms with van der Waals surface area (Å²) >= 11 is 0. The number of carbonyl (C=O) groups is 1. The van der Waals surface area contributed by atoms with E-state index in [1.807, 2.05) is 0 Å². The Bertz CT molecular complexity index is 219. The second-order valence-electron chi connectivity index (χ2n) is 6.17. The van der Waals surface area contributed by atoms with Crippen LogP contribution < -0.4 is 0 Å². The fourth-order valence-corrected chi connectivity index (χ4v) is 2.71. The largest absolute Gasteiger partial charge is 0.299 e. The lowest BCUT2D eigenvalue weighted by molar-refractivity contribution is -0.123. The highest BCUT2D eigenvalue weighted by Crippen LogP contribution is 2.29. The Hall–Kier alpha value is -0.330. The van der Waals surface area contributed by atoms with Crippen molar-refractivity contribution in [2.24, 2.45) is 23.7 Å². The van der Waals surface area contributed by atoms with Crippen molar-refractivity contribution in [2.45, 2.75) is 66.2 Å². The van der Waals surface area contributed by atoms with E-state index in [2.05, 4.69) is 27.7 Å². The fourth-order valence-electron chi connectivity index (χ4n) is 2.71. The van der Waals surface area contributed by atoms with Gasteiger partial charge >= 0.3 is 0 Å². The van der Waals surface area contributed by atoms with Crippen LogP contribution in [0.3, 0.4) is 0 Å². The summed E-state index contributed by atoms with van der Waals surface area (Å²) in [5.74, 6) is 3.13. The smallest absolute Gasteiger partial charge is 0.135 e. The molecule has 0 aromatic rings. The number of hydrogen-bond acceptors (Lipinski definition) is 1. The molecule has 94 valence electrons. The molecule has 0 bridgehead atoms. The first-order chi connectivity index (χ1) is 7.50. The van der Waals surface area contributed by atoms with E-state index in [4.69, 9.17) is 0 Å². The van der Waals surface area contributed by atoms with E-state index in [0.29, 0.717) is 11.7 Å². The zero-order valence-electron chi connectivity index (χ0n) is 11.5. The highest BCUT2D eigenvalue weighted by Gasteiger charge is 2.21. The van der Waals surface area contributed by atoms with E-state index in [1.54, 1.807) is 0 Å². The quantitative estimate of drug-likeness (QED) is 0.643. The molecule has 1 fully saturated rings. The lowest BCUT2D eigenvalue weighted by atomic mass is 9.80.